The molecule has 1 amide bonds. The number of amides is 1. The van der Waals surface area contributed by atoms with Crippen molar-refractivity contribution in [1.82, 2.24) is 0 Å². The number of anilines is 1. The zero-order valence-electron chi connectivity index (χ0n) is 19.2. The summed E-state index contributed by atoms with van der Waals surface area (Å²) in [6, 6.07) is 14.5. The molecule has 1 N–H and O–H groups in total. The van der Waals surface area contributed by atoms with Gasteiger partial charge in [-0.05, 0) is 35.2 Å². The predicted octanol–water partition coefficient (Wildman–Crippen LogP) is 3.91. The average Bonchev–Trinajstić information content (AvgIpc) is 3.08. The van der Waals surface area contributed by atoms with Gasteiger partial charge in [0.25, 0.3) is 16.0 Å². The highest BCUT2D eigenvalue weighted by molar-refractivity contribution is 7.85. The van der Waals surface area contributed by atoms with E-state index < -0.39 is 10.1 Å². The molecule has 0 saturated carbocycles. The highest BCUT2D eigenvalue weighted by atomic mass is 32.2. The van der Waals surface area contributed by atoms with E-state index in [4.69, 9.17) is 4.55 Å². The van der Waals surface area contributed by atoms with Crippen LogP contribution in [0.15, 0.2) is 54.6 Å². The van der Waals surface area contributed by atoms with Crippen molar-refractivity contribution in [3.05, 3.63) is 65.7 Å². The Hall–Kier alpha value is -2.48. The third kappa shape index (κ3) is 5.85. The second-order valence-corrected chi connectivity index (χ2v) is 10.8. The largest absolute Gasteiger partial charge is 0.328 e. The third-order valence-electron chi connectivity index (χ3n) is 6.04. The predicted molar refractivity (Wildman–Crippen MR) is 129 cm³/mol. The maximum atomic E-state index is 13.1. The summed E-state index contributed by atoms with van der Waals surface area (Å²) in [7, 11) is 0.129. The minimum Gasteiger partial charge on any atom is -0.328 e. The number of benzene rings is 2. The summed E-state index contributed by atoms with van der Waals surface area (Å²) in [4.78, 5) is 14.9. The molecule has 0 aromatic heterocycles. The van der Waals surface area contributed by atoms with Crippen molar-refractivity contribution in [1.29, 1.82) is 0 Å². The fourth-order valence-corrected chi connectivity index (χ4v) is 4.89. The Morgan fingerprint density at radius 1 is 1.06 bits per heavy atom. The number of fused-ring (bicyclic) bond motifs is 3. The van der Waals surface area contributed by atoms with Gasteiger partial charge in [-0.15, -0.1) is 0 Å². The molecule has 32 heavy (non-hydrogen) atoms. The van der Waals surface area contributed by atoms with Gasteiger partial charge < -0.3 is 9.38 Å². The summed E-state index contributed by atoms with van der Waals surface area (Å²) in [5.74, 6) is -0.308. The van der Waals surface area contributed by atoms with Gasteiger partial charge in [0.05, 0.1) is 32.9 Å². The van der Waals surface area contributed by atoms with Crippen LogP contribution < -0.4 is 4.90 Å². The monoisotopic (exact) mass is 457 g/mol. The molecule has 3 rings (SSSR count). The Labute approximate surface area is 191 Å². The first-order valence-corrected chi connectivity index (χ1v) is 12.5. The van der Waals surface area contributed by atoms with Crippen molar-refractivity contribution < 1.29 is 22.2 Å². The summed E-state index contributed by atoms with van der Waals surface area (Å²) in [5, 5.41) is 0. The van der Waals surface area contributed by atoms with Gasteiger partial charge in [0, 0.05) is 37.1 Å². The molecule has 1 aliphatic carbocycles. The van der Waals surface area contributed by atoms with Gasteiger partial charge in [0.15, 0.2) is 0 Å². The van der Waals surface area contributed by atoms with E-state index >= 15 is 0 Å². The maximum absolute atomic E-state index is 13.1. The van der Waals surface area contributed by atoms with E-state index in [0.717, 1.165) is 25.1 Å². The van der Waals surface area contributed by atoms with Gasteiger partial charge >= 0.3 is 0 Å². The van der Waals surface area contributed by atoms with Gasteiger partial charge in [-0.25, -0.2) is 0 Å². The van der Waals surface area contributed by atoms with Crippen LogP contribution >= 0.6 is 0 Å². The first-order valence-electron chi connectivity index (χ1n) is 10.9. The minimum absolute atomic E-state index is 0.0777. The van der Waals surface area contributed by atoms with Gasteiger partial charge in [-0.3, -0.25) is 9.35 Å². The lowest BCUT2D eigenvalue weighted by Gasteiger charge is -2.31. The van der Waals surface area contributed by atoms with Crippen molar-refractivity contribution in [3.8, 4) is 11.1 Å². The van der Waals surface area contributed by atoms with Crippen LogP contribution in [0.3, 0.4) is 0 Å². The Bertz CT molecular complexity index is 1120. The van der Waals surface area contributed by atoms with Crippen molar-refractivity contribution in [3.63, 3.8) is 0 Å². The lowest BCUT2D eigenvalue weighted by Crippen LogP contribution is -2.43. The van der Waals surface area contributed by atoms with E-state index in [-0.39, 0.29) is 11.7 Å². The first-order chi connectivity index (χ1) is 15.0. The van der Waals surface area contributed by atoms with Crippen molar-refractivity contribution >= 4 is 21.7 Å². The molecule has 0 radical (unpaired) electrons. The van der Waals surface area contributed by atoms with Gasteiger partial charge in [0.1, 0.15) is 0 Å². The van der Waals surface area contributed by atoms with Gasteiger partial charge in [-0.1, -0.05) is 43.0 Å². The van der Waals surface area contributed by atoms with Crippen LogP contribution in [0, 0.1) is 0 Å². The normalized spacial score (nSPS) is 12.9. The van der Waals surface area contributed by atoms with E-state index in [1.54, 1.807) is 6.92 Å². The molecule has 0 heterocycles. The third-order valence-corrected chi connectivity index (χ3v) is 6.84. The second kappa shape index (κ2) is 9.57. The van der Waals surface area contributed by atoms with Crippen LogP contribution in [-0.2, 0) is 21.3 Å². The average molecular weight is 458 g/mol. The number of carbonyl (C=O) groups excluding carboxylic acids is 1. The molecule has 0 aliphatic heterocycles. The Morgan fingerprint density at radius 3 is 2.41 bits per heavy atom. The number of carbonyl (C=O) groups is 1. The van der Waals surface area contributed by atoms with Crippen LogP contribution in [-0.4, -0.2) is 62.8 Å². The van der Waals surface area contributed by atoms with Crippen LogP contribution in [0.4, 0.5) is 5.69 Å². The standard InChI is InChI=1S/C25H32N2O4S/c1-19(2)25(28)26(14-8-15-27(3,4)16-9-17-32(29,30)31)24-13-7-12-22-21-11-6-5-10-20(21)18-23(22)24/h5-7,10-13H,1,8-9,14-18H2,2-4H3/p+1. The molecule has 2 aromatic carbocycles. The highest BCUT2D eigenvalue weighted by Crippen LogP contribution is 2.41. The number of nitrogens with zero attached hydrogens (tertiary/aromatic N) is 2. The molecule has 0 saturated heterocycles. The number of hydrogen-bond donors (Lipinski definition) is 1. The lowest BCUT2D eigenvalue weighted by atomic mass is 10.0. The van der Waals surface area contributed by atoms with Crippen LogP contribution in [0.25, 0.3) is 11.1 Å². The van der Waals surface area contributed by atoms with Crippen LogP contribution in [0.5, 0.6) is 0 Å². The van der Waals surface area contributed by atoms with E-state index in [1.165, 1.54) is 22.3 Å². The SMILES string of the molecule is C=C(C)C(=O)N(CCC[N+](C)(C)CCCS(=O)(=O)O)c1cccc2c1Cc1ccccc1-2. The zero-order valence-corrected chi connectivity index (χ0v) is 20.0. The fourth-order valence-electron chi connectivity index (χ4n) is 4.40. The molecule has 0 unspecified atom stereocenters. The van der Waals surface area contributed by atoms with Crippen LogP contribution in [0.2, 0.25) is 0 Å². The summed E-state index contributed by atoms with van der Waals surface area (Å²) in [5.41, 5.74) is 6.28. The topological polar surface area (TPSA) is 74.7 Å². The Kier molecular flexibility index (Phi) is 7.22. The lowest BCUT2D eigenvalue weighted by molar-refractivity contribution is -0.890. The molecule has 0 spiro atoms. The van der Waals surface area contributed by atoms with E-state index in [9.17, 15) is 13.2 Å². The number of rotatable bonds is 10. The molecule has 7 heteroatoms. The van der Waals surface area contributed by atoms with Crippen molar-refractivity contribution in [2.45, 2.75) is 26.2 Å². The minimum atomic E-state index is -3.94. The second-order valence-electron chi connectivity index (χ2n) is 9.25. The molecular formula is C25H33N2O4S+. The molecular weight excluding hydrogens is 424 g/mol. The molecule has 0 bridgehead atoms. The summed E-state index contributed by atoms with van der Waals surface area (Å²) >= 11 is 0. The smallest absolute Gasteiger partial charge is 0.265 e. The number of hydrogen-bond acceptors (Lipinski definition) is 3. The molecule has 0 atom stereocenters. The number of quaternary nitrogens is 1. The van der Waals surface area contributed by atoms with Crippen molar-refractivity contribution in [2.24, 2.45) is 0 Å². The quantitative estimate of drug-likeness (QED) is 0.285. The Balaban J connectivity index is 1.75. The van der Waals surface area contributed by atoms with Gasteiger partial charge in [-0.2, -0.15) is 8.42 Å². The zero-order chi connectivity index (χ0) is 23.5. The summed E-state index contributed by atoms with van der Waals surface area (Å²) in [6.07, 6.45) is 1.96. The summed E-state index contributed by atoms with van der Waals surface area (Å²) in [6.45, 7) is 7.58. The molecule has 172 valence electrons. The molecule has 1 aliphatic rings. The van der Waals surface area contributed by atoms with Crippen LogP contribution in [0.1, 0.15) is 30.9 Å². The van der Waals surface area contributed by atoms with Crippen molar-refractivity contribution in [2.75, 3.05) is 44.4 Å². The highest BCUT2D eigenvalue weighted by Gasteiger charge is 2.26. The Morgan fingerprint density at radius 2 is 1.72 bits per heavy atom. The van der Waals surface area contributed by atoms with Gasteiger partial charge in [0.2, 0.25) is 0 Å². The van der Waals surface area contributed by atoms with E-state index in [0.29, 0.717) is 29.6 Å². The first kappa shape index (κ1) is 24.2. The summed E-state index contributed by atoms with van der Waals surface area (Å²) < 4.78 is 31.5. The van der Waals surface area contributed by atoms with E-state index in [1.807, 2.05) is 43.3 Å². The fraction of sp³-hybridized carbons (Fsp3) is 0.400. The molecule has 6 nitrogen and oxygen atoms in total. The van der Waals surface area contributed by atoms with E-state index in [2.05, 4.69) is 24.8 Å². The maximum Gasteiger partial charge on any atom is 0.265 e. The molecule has 0 fully saturated rings. The molecule has 2 aromatic rings.